The quantitative estimate of drug-likeness (QED) is 0.563. The minimum absolute atomic E-state index is 0.195. The van der Waals surface area contributed by atoms with E-state index in [1.165, 1.54) is 18.8 Å². The maximum absolute atomic E-state index is 12.7. The Morgan fingerprint density at radius 1 is 1.25 bits per heavy atom. The van der Waals surface area contributed by atoms with E-state index >= 15 is 0 Å². The summed E-state index contributed by atoms with van der Waals surface area (Å²) in [6.07, 6.45) is -3.90. The van der Waals surface area contributed by atoms with Crippen LogP contribution in [0.5, 0.6) is 0 Å². The van der Waals surface area contributed by atoms with Crippen LogP contribution < -0.4 is 5.69 Å². The number of aryl methyl sites for hydroxylation is 1. The van der Waals surface area contributed by atoms with Gasteiger partial charge in [0, 0.05) is 19.3 Å². The van der Waals surface area contributed by atoms with Crippen LogP contribution in [0.15, 0.2) is 34.2 Å². The van der Waals surface area contributed by atoms with Crippen LogP contribution in [-0.4, -0.2) is 30.1 Å². The number of para-hydroxylation sites is 2. The largest absolute Gasteiger partial charge is 0.451 e. The normalized spacial score (nSPS) is 12.2. The molecule has 0 saturated carbocycles. The molecule has 0 atom stereocenters. The van der Waals surface area contributed by atoms with Crippen LogP contribution >= 0.6 is 11.8 Å². The van der Waals surface area contributed by atoms with Crippen molar-refractivity contribution in [3.8, 4) is 0 Å². The summed E-state index contributed by atoms with van der Waals surface area (Å²) in [5.74, 6) is -0.492. The van der Waals surface area contributed by atoms with Gasteiger partial charge in [0.25, 0.3) is 0 Å². The summed E-state index contributed by atoms with van der Waals surface area (Å²) in [4.78, 5) is 14.7. The molecule has 128 valence electrons. The zero-order valence-electron chi connectivity index (χ0n) is 12.7. The first-order chi connectivity index (χ1) is 11.4. The van der Waals surface area contributed by atoms with Gasteiger partial charge in [0.2, 0.25) is 5.82 Å². The van der Waals surface area contributed by atoms with Gasteiger partial charge in [-0.05, 0) is 18.6 Å². The summed E-state index contributed by atoms with van der Waals surface area (Å²) in [6.45, 7) is 0.472. The smallest absolute Gasteiger partial charge is 0.306 e. The van der Waals surface area contributed by atoms with Crippen LogP contribution in [0.25, 0.3) is 11.0 Å². The van der Waals surface area contributed by atoms with Crippen molar-refractivity contribution in [3.05, 3.63) is 40.6 Å². The van der Waals surface area contributed by atoms with Gasteiger partial charge in [-0.1, -0.05) is 23.9 Å². The number of aromatic nitrogens is 5. The van der Waals surface area contributed by atoms with E-state index in [0.717, 1.165) is 15.6 Å². The topological polar surface area (TPSA) is 68.5 Å². The Labute approximate surface area is 138 Å². The number of rotatable bonds is 5. The van der Waals surface area contributed by atoms with E-state index in [9.17, 15) is 18.0 Å². The molecule has 0 radical (unpaired) electrons. The molecule has 24 heavy (non-hydrogen) atoms. The summed E-state index contributed by atoms with van der Waals surface area (Å²) in [5.41, 5.74) is 1.38. The molecule has 2 heterocycles. The first kappa shape index (κ1) is 16.6. The third-order valence-corrected chi connectivity index (χ3v) is 4.63. The highest BCUT2D eigenvalue weighted by atomic mass is 32.2. The van der Waals surface area contributed by atoms with E-state index in [2.05, 4.69) is 15.2 Å². The highest BCUT2D eigenvalue weighted by Gasteiger charge is 2.37. The molecule has 1 N–H and O–H groups in total. The van der Waals surface area contributed by atoms with Crippen molar-refractivity contribution in [2.45, 2.75) is 24.3 Å². The Morgan fingerprint density at radius 2 is 2.00 bits per heavy atom. The van der Waals surface area contributed by atoms with Crippen LogP contribution in [0.3, 0.4) is 0 Å². The predicted molar refractivity (Wildman–Crippen MR) is 83.9 cm³/mol. The van der Waals surface area contributed by atoms with E-state index in [0.29, 0.717) is 18.7 Å². The molecule has 0 amide bonds. The van der Waals surface area contributed by atoms with Crippen molar-refractivity contribution >= 4 is 22.8 Å². The second-order valence-corrected chi connectivity index (χ2v) is 6.23. The van der Waals surface area contributed by atoms with Gasteiger partial charge in [-0.2, -0.15) is 13.2 Å². The minimum Gasteiger partial charge on any atom is -0.306 e. The van der Waals surface area contributed by atoms with Gasteiger partial charge in [0.1, 0.15) is 0 Å². The molecule has 0 bridgehead atoms. The van der Waals surface area contributed by atoms with Crippen LogP contribution in [0.4, 0.5) is 13.2 Å². The van der Waals surface area contributed by atoms with E-state index in [1.807, 2.05) is 24.3 Å². The summed E-state index contributed by atoms with van der Waals surface area (Å²) in [6, 6.07) is 7.35. The molecule has 0 aliphatic heterocycles. The molecule has 1 aromatic carbocycles. The fourth-order valence-corrected chi connectivity index (χ4v) is 3.24. The zero-order chi connectivity index (χ0) is 17.3. The summed E-state index contributed by atoms with van der Waals surface area (Å²) >= 11 is 1.18. The van der Waals surface area contributed by atoms with Crippen molar-refractivity contribution in [2.75, 3.05) is 5.75 Å². The van der Waals surface area contributed by atoms with Crippen LogP contribution in [0.1, 0.15) is 12.2 Å². The number of halogens is 3. The predicted octanol–water partition coefficient (Wildman–Crippen LogP) is 2.66. The molecule has 10 heteroatoms. The number of nitrogens with zero attached hydrogens (tertiary/aromatic N) is 4. The second-order valence-electron chi connectivity index (χ2n) is 5.16. The third kappa shape index (κ3) is 3.18. The lowest BCUT2D eigenvalue weighted by Gasteiger charge is -2.06. The van der Waals surface area contributed by atoms with Gasteiger partial charge < -0.3 is 9.55 Å². The Morgan fingerprint density at radius 3 is 2.71 bits per heavy atom. The van der Waals surface area contributed by atoms with Gasteiger partial charge in [-0.15, -0.1) is 10.2 Å². The first-order valence-electron chi connectivity index (χ1n) is 7.15. The first-order valence-corrected chi connectivity index (χ1v) is 8.13. The van der Waals surface area contributed by atoms with Gasteiger partial charge in [-0.3, -0.25) is 4.57 Å². The van der Waals surface area contributed by atoms with Gasteiger partial charge in [0.15, 0.2) is 5.16 Å². The minimum atomic E-state index is -4.52. The fraction of sp³-hybridized carbons (Fsp3) is 0.357. The molecular formula is C14H14F3N5OS. The molecule has 0 unspecified atom stereocenters. The van der Waals surface area contributed by atoms with Crippen LogP contribution in [0.2, 0.25) is 0 Å². The second kappa shape index (κ2) is 6.34. The van der Waals surface area contributed by atoms with Crippen molar-refractivity contribution in [2.24, 2.45) is 7.05 Å². The SMILES string of the molecule is Cn1c(SCCCn2c(=O)[nH]c3ccccc32)nnc1C(F)(F)F. The molecule has 0 fully saturated rings. The van der Waals surface area contributed by atoms with E-state index < -0.39 is 12.0 Å². The molecule has 3 aromatic rings. The molecule has 2 aromatic heterocycles. The average molecular weight is 357 g/mol. The Hall–Kier alpha value is -2.23. The van der Waals surface area contributed by atoms with Gasteiger partial charge in [-0.25, -0.2) is 4.79 Å². The molecule has 6 nitrogen and oxygen atoms in total. The van der Waals surface area contributed by atoms with E-state index in [-0.39, 0.29) is 10.8 Å². The number of thioether (sulfide) groups is 1. The average Bonchev–Trinajstić information content (AvgIpc) is 3.03. The maximum Gasteiger partial charge on any atom is 0.451 e. The fourth-order valence-electron chi connectivity index (χ4n) is 2.40. The van der Waals surface area contributed by atoms with Crippen molar-refractivity contribution in [3.63, 3.8) is 0 Å². The Balaban J connectivity index is 1.62. The number of hydrogen-bond acceptors (Lipinski definition) is 4. The van der Waals surface area contributed by atoms with E-state index in [4.69, 9.17) is 0 Å². The number of aromatic amines is 1. The highest BCUT2D eigenvalue weighted by molar-refractivity contribution is 7.99. The van der Waals surface area contributed by atoms with Crippen LogP contribution in [0, 0.1) is 0 Å². The molecule has 0 spiro atoms. The number of hydrogen-bond donors (Lipinski definition) is 1. The van der Waals surface area contributed by atoms with E-state index in [1.54, 1.807) is 4.57 Å². The molecule has 3 rings (SSSR count). The van der Waals surface area contributed by atoms with Crippen molar-refractivity contribution < 1.29 is 13.2 Å². The standard InChI is InChI=1S/C14H14F3N5OS/c1-21-11(14(15,16)17)19-20-13(21)24-8-4-7-22-10-6-3-2-5-9(10)18-12(22)23/h2-3,5-6H,4,7-8H2,1H3,(H,18,23). The molecular weight excluding hydrogens is 343 g/mol. The number of alkyl halides is 3. The third-order valence-electron chi connectivity index (χ3n) is 3.53. The van der Waals surface area contributed by atoms with Crippen molar-refractivity contribution in [1.82, 2.24) is 24.3 Å². The van der Waals surface area contributed by atoms with Crippen molar-refractivity contribution in [1.29, 1.82) is 0 Å². The number of fused-ring (bicyclic) bond motifs is 1. The van der Waals surface area contributed by atoms with Gasteiger partial charge >= 0.3 is 11.9 Å². The Kier molecular flexibility index (Phi) is 4.39. The lowest BCUT2D eigenvalue weighted by Crippen LogP contribution is -2.17. The van der Waals surface area contributed by atoms with Crippen LogP contribution in [-0.2, 0) is 19.8 Å². The number of H-pyrrole nitrogens is 1. The zero-order valence-corrected chi connectivity index (χ0v) is 13.5. The molecule has 0 aliphatic carbocycles. The molecule has 0 aliphatic rings. The van der Waals surface area contributed by atoms with Gasteiger partial charge in [0.05, 0.1) is 11.0 Å². The lowest BCUT2D eigenvalue weighted by molar-refractivity contribution is -0.147. The monoisotopic (exact) mass is 357 g/mol. The number of imidazole rings is 1. The maximum atomic E-state index is 12.7. The summed E-state index contributed by atoms with van der Waals surface area (Å²) in [5, 5.41) is 6.95. The molecule has 0 saturated heterocycles. The summed E-state index contributed by atoms with van der Waals surface area (Å²) < 4.78 is 40.5. The number of nitrogens with one attached hydrogen (secondary N) is 1. The highest BCUT2D eigenvalue weighted by Crippen LogP contribution is 2.29. The lowest BCUT2D eigenvalue weighted by atomic mass is 10.3. The Bertz CT molecular complexity index is 911. The summed E-state index contributed by atoms with van der Waals surface area (Å²) in [7, 11) is 1.29. The number of benzene rings is 1.